The smallest absolute Gasteiger partial charge is 0.237 e. The van der Waals surface area contributed by atoms with Gasteiger partial charge in [0.15, 0.2) is 0 Å². The fourth-order valence-corrected chi connectivity index (χ4v) is 5.38. The number of fused-ring (bicyclic) bond motifs is 2. The molecule has 25 heavy (non-hydrogen) atoms. The fourth-order valence-electron chi connectivity index (χ4n) is 3.40. The maximum absolute atomic E-state index is 12.9. The number of hydrogen-bond acceptors (Lipinski definition) is 5. The summed E-state index contributed by atoms with van der Waals surface area (Å²) in [5.41, 5.74) is 3.52. The molecule has 0 fully saturated rings. The summed E-state index contributed by atoms with van der Waals surface area (Å²) in [5, 5.41) is 2.00. The van der Waals surface area contributed by atoms with Crippen LogP contribution in [0.25, 0.3) is 10.2 Å². The first kappa shape index (κ1) is 16.5. The molecule has 0 aliphatic carbocycles. The topological polar surface area (TPSA) is 46.1 Å². The molecule has 1 aliphatic heterocycles. The van der Waals surface area contributed by atoms with E-state index in [2.05, 4.69) is 36.8 Å². The predicted octanol–water partition coefficient (Wildman–Crippen LogP) is 4.38. The van der Waals surface area contributed by atoms with E-state index in [9.17, 15) is 4.79 Å². The molecule has 3 aromatic rings. The molecule has 1 unspecified atom stereocenters. The molecule has 4 nitrogen and oxygen atoms in total. The number of aromatic nitrogens is 2. The number of nitrogens with zero attached hydrogens (tertiary/aromatic N) is 3. The van der Waals surface area contributed by atoms with Crippen molar-refractivity contribution < 1.29 is 4.79 Å². The third-order valence-corrected chi connectivity index (χ3v) is 6.83. The number of amides is 1. The number of carbonyl (C=O) groups excluding carboxylic acids is 1. The highest BCUT2D eigenvalue weighted by Gasteiger charge is 2.30. The Hall–Kier alpha value is -1.92. The maximum atomic E-state index is 12.9. The minimum atomic E-state index is 0.138. The standard InChI is InChI=1S/C19H19N3OS2/c1-11-8-14-6-4-5-7-15(14)22(11)16(23)9-24-18-17-12(2)13(3)25-19(17)21-10-20-18/h4-7,10-11H,8-9H2,1-3H3. The van der Waals surface area contributed by atoms with E-state index in [0.717, 1.165) is 27.4 Å². The van der Waals surface area contributed by atoms with Crippen molar-refractivity contribution in [2.24, 2.45) is 0 Å². The van der Waals surface area contributed by atoms with E-state index in [1.807, 2.05) is 23.1 Å². The molecule has 128 valence electrons. The summed E-state index contributed by atoms with van der Waals surface area (Å²) in [4.78, 5) is 25.9. The first-order valence-electron chi connectivity index (χ1n) is 8.29. The highest BCUT2D eigenvalue weighted by molar-refractivity contribution is 8.00. The number of thiophene rings is 1. The number of hydrogen-bond donors (Lipinski definition) is 0. The predicted molar refractivity (Wildman–Crippen MR) is 105 cm³/mol. The molecule has 0 radical (unpaired) electrons. The second kappa shape index (κ2) is 6.42. The van der Waals surface area contributed by atoms with Gasteiger partial charge in [-0.3, -0.25) is 4.79 Å². The van der Waals surface area contributed by atoms with Crippen molar-refractivity contribution in [3.63, 3.8) is 0 Å². The third kappa shape index (κ3) is 2.83. The van der Waals surface area contributed by atoms with Gasteiger partial charge in [-0.2, -0.15) is 0 Å². The Bertz CT molecular complexity index is 966. The van der Waals surface area contributed by atoms with Crippen LogP contribution < -0.4 is 4.90 Å². The normalized spacial score (nSPS) is 16.4. The quantitative estimate of drug-likeness (QED) is 0.508. The van der Waals surface area contributed by atoms with E-state index in [0.29, 0.717) is 5.75 Å². The van der Waals surface area contributed by atoms with Crippen LogP contribution in [0.3, 0.4) is 0 Å². The van der Waals surface area contributed by atoms with Gasteiger partial charge in [0.1, 0.15) is 16.2 Å². The fraction of sp³-hybridized carbons (Fsp3) is 0.316. The molecule has 0 spiro atoms. The molecule has 1 atom stereocenters. The van der Waals surface area contributed by atoms with E-state index in [4.69, 9.17) is 0 Å². The van der Waals surface area contributed by atoms with Crippen LogP contribution in [0.4, 0.5) is 5.69 Å². The Kier molecular flexibility index (Phi) is 4.25. The number of thioether (sulfide) groups is 1. The van der Waals surface area contributed by atoms with Crippen molar-refractivity contribution >= 4 is 44.9 Å². The third-order valence-electron chi connectivity index (χ3n) is 4.74. The second-order valence-corrected chi connectivity index (χ2v) is 8.54. The molecule has 1 aliphatic rings. The highest BCUT2D eigenvalue weighted by atomic mass is 32.2. The van der Waals surface area contributed by atoms with Gasteiger partial charge in [0, 0.05) is 22.0 Å². The summed E-state index contributed by atoms with van der Waals surface area (Å²) in [6, 6.07) is 8.39. The van der Waals surface area contributed by atoms with Crippen molar-refractivity contribution in [2.75, 3.05) is 10.7 Å². The Morgan fingerprint density at radius 3 is 2.96 bits per heavy atom. The van der Waals surface area contributed by atoms with Gasteiger partial charge in [-0.15, -0.1) is 11.3 Å². The number of rotatable bonds is 3. The average Bonchev–Trinajstić information content (AvgIpc) is 3.09. The van der Waals surface area contributed by atoms with Gasteiger partial charge in [-0.1, -0.05) is 30.0 Å². The van der Waals surface area contributed by atoms with Crippen molar-refractivity contribution in [2.45, 2.75) is 38.3 Å². The van der Waals surface area contributed by atoms with Crippen LogP contribution in [0, 0.1) is 13.8 Å². The highest BCUT2D eigenvalue weighted by Crippen LogP contribution is 2.36. The zero-order valence-corrected chi connectivity index (χ0v) is 16.1. The Morgan fingerprint density at radius 1 is 1.32 bits per heavy atom. The van der Waals surface area contributed by atoms with Crippen LogP contribution >= 0.6 is 23.1 Å². The van der Waals surface area contributed by atoms with Gasteiger partial charge in [0.25, 0.3) is 0 Å². The van der Waals surface area contributed by atoms with Crippen LogP contribution in [-0.2, 0) is 11.2 Å². The molecule has 1 amide bonds. The number of aryl methyl sites for hydroxylation is 2. The molecular weight excluding hydrogens is 350 g/mol. The molecule has 0 N–H and O–H groups in total. The Morgan fingerprint density at radius 2 is 2.12 bits per heavy atom. The summed E-state index contributed by atoms with van der Waals surface area (Å²) in [5.74, 6) is 0.526. The molecule has 4 rings (SSSR count). The molecule has 0 bridgehead atoms. The first-order chi connectivity index (χ1) is 12.1. The minimum Gasteiger partial charge on any atom is -0.308 e. The van der Waals surface area contributed by atoms with Gasteiger partial charge in [-0.05, 0) is 44.4 Å². The lowest BCUT2D eigenvalue weighted by Gasteiger charge is -2.22. The molecule has 0 saturated heterocycles. The van der Waals surface area contributed by atoms with E-state index in [1.165, 1.54) is 27.8 Å². The van der Waals surface area contributed by atoms with E-state index >= 15 is 0 Å². The molecule has 2 aromatic heterocycles. The van der Waals surface area contributed by atoms with Crippen LogP contribution in [0.2, 0.25) is 0 Å². The van der Waals surface area contributed by atoms with E-state index in [1.54, 1.807) is 17.7 Å². The van der Waals surface area contributed by atoms with Crippen molar-refractivity contribution in [3.05, 3.63) is 46.6 Å². The first-order valence-corrected chi connectivity index (χ1v) is 10.1. The Labute approximate surface area is 155 Å². The van der Waals surface area contributed by atoms with Gasteiger partial charge in [0.05, 0.1) is 5.75 Å². The molecule has 3 heterocycles. The zero-order chi connectivity index (χ0) is 17.6. The van der Waals surface area contributed by atoms with Crippen LogP contribution in [0.5, 0.6) is 0 Å². The number of carbonyl (C=O) groups is 1. The van der Waals surface area contributed by atoms with Crippen LogP contribution in [0.1, 0.15) is 22.9 Å². The number of para-hydroxylation sites is 1. The molecule has 6 heteroatoms. The van der Waals surface area contributed by atoms with E-state index in [-0.39, 0.29) is 11.9 Å². The van der Waals surface area contributed by atoms with Gasteiger partial charge < -0.3 is 4.90 Å². The van der Waals surface area contributed by atoms with E-state index < -0.39 is 0 Å². The van der Waals surface area contributed by atoms with Crippen molar-refractivity contribution in [1.82, 2.24) is 9.97 Å². The van der Waals surface area contributed by atoms with Gasteiger partial charge in [0.2, 0.25) is 5.91 Å². The number of benzene rings is 1. The lowest BCUT2D eigenvalue weighted by atomic mass is 10.1. The second-order valence-electron chi connectivity index (χ2n) is 6.38. The van der Waals surface area contributed by atoms with Crippen molar-refractivity contribution in [3.8, 4) is 0 Å². The summed E-state index contributed by atoms with van der Waals surface area (Å²) >= 11 is 3.20. The monoisotopic (exact) mass is 369 g/mol. The average molecular weight is 370 g/mol. The summed E-state index contributed by atoms with van der Waals surface area (Å²) in [6.07, 6.45) is 2.52. The van der Waals surface area contributed by atoms with Gasteiger partial charge >= 0.3 is 0 Å². The largest absolute Gasteiger partial charge is 0.308 e. The van der Waals surface area contributed by atoms with Gasteiger partial charge in [-0.25, -0.2) is 9.97 Å². The zero-order valence-electron chi connectivity index (χ0n) is 14.4. The summed E-state index contributed by atoms with van der Waals surface area (Å²) < 4.78 is 0. The van der Waals surface area contributed by atoms with Crippen LogP contribution in [0.15, 0.2) is 35.6 Å². The minimum absolute atomic E-state index is 0.138. The van der Waals surface area contributed by atoms with Crippen LogP contribution in [-0.4, -0.2) is 27.7 Å². The molecule has 1 aromatic carbocycles. The Balaban J connectivity index is 1.57. The summed E-state index contributed by atoms with van der Waals surface area (Å²) in [6.45, 7) is 6.31. The lowest BCUT2D eigenvalue weighted by molar-refractivity contribution is -0.116. The number of anilines is 1. The van der Waals surface area contributed by atoms with Crippen molar-refractivity contribution in [1.29, 1.82) is 0 Å². The summed E-state index contributed by atoms with van der Waals surface area (Å²) in [7, 11) is 0. The maximum Gasteiger partial charge on any atom is 0.237 e. The molecule has 0 saturated carbocycles. The lowest BCUT2D eigenvalue weighted by Crippen LogP contribution is -2.37. The molecular formula is C19H19N3OS2. The SMILES string of the molecule is Cc1sc2ncnc(SCC(=O)N3c4ccccc4CC3C)c2c1C.